The van der Waals surface area contributed by atoms with E-state index < -0.39 is 0 Å². The lowest BCUT2D eigenvalue weighted by molar-refractivity contribution is 0.303. The van der Waals surface area contributed by atoms with Crippen molar-refractivity contribution < 1.29 is 0 Å². The molecule has 0 saturated carbocycles. The molecule has 1 heterocycles. The van der Waals surface area contributed by atoms with Crippen LogP contribution >= 0.6 is 11.6 Å². The monoisotopic (exact) mass is 257 g/mol. The molecule has 4 heteroatoms. The van der Waals surface area contributed by atoms with Gasteiger partial charge in [0.15, 0.2) is 0 Å². The van der Waals surface area contributed by atoms with Gasteiger partial charge in [0.05, 0.1) is 23.0 Å². The van der Waals surface area contributed by atoms with Crippen LogP contribution < -0.4 is 5.32 Å². The first kappa shape index (κ1) is 14.5. The molecule has 0 aliphatic carbocycles. The first-order valence-electron chi connectivity index (χ1n) is 6.26. The van der Waals surface area contributed by atoms with E-state index in [4.69, 9.17) is 11.6 Å². The van der Waals surface area contributed by atoms with Gasteiger partial charge in [-0.2, -0.15) is 5.10 Å². The van der Waals surface area contributed by atoms with E-state index in [2.05, 4.69) is 38.1 Å². The normalized spacial score (nSPS) is 14.0. The molecule has 0 radical (unpaired) electrons. The third kappa shape index (κ3) is 4.32. The third-order valence-electron chi connectivity index (χ3n) is 2.72. The van der Waals surface area contributed by atoms with Gasteiger partial charge in [-0.15, -0.1) is 0 Å². The minimum atomic E-state index is 0.263. The zero-order valence-electron chi connectivity index (χ0n) is 11.5. The number of hydrogen-bond donors (Lipinski definition) is 1. The van der Waals surface area contributed by atoms with Crippen LogP contribution in [0, 0.1) is 5.41 Å². The summed E-state index contributed by atoms with van der Waals surface area (Å²) in [5.74, 6) is 0. The maximum atomic E-state index is 6.22. The molecule has 0 amide bonds. The van der Waals surface area contributed by atoms with Crippen molar-refractivity contribution in [3.05, 3.63) is 16.9 Å². The predicted octanol–water partition coefficient (Wildman–Crippen LogP) is 3.55. The van der Waals surface area contributed by atoms with Crippen LogP contribution in [0.15, 0.2) is 6.20 Å². The Bertz CT molecular complexity index is 333. The molecule has 0 aliphatic rings. The summed E-state index contributed by atoms with van der Waals surface area (Å²) in [6.45, 7) is 9.92. The molecule has 0 spiro atoms. The summed E-state index contributed by atoms with van der Waals surface area (Å²) in [5.41, 5.74) is 1.36. The van der Waals surface area contributed by atoms with E-state index >= 15 is 0 Å². The molecule has 3 nitrogen and oxygen atoms in total. The highest BCUT2D eigenvalue weighted by atomic mass is 35.5. The zero-order chi connectivity index (χ0) is 13.1. The third-order valence-corrected chi connectivity index (χ3v) is 3.02. The highest BCUT2D eigenvalue weighted by Gasteiger charge is 2.24. The van der Waals surface area contributed by atoms with Gasteiger partial charge in [0.2, 0.25) is 0 Å². The van der Waals surface area contributed by atoms with Crippen LogP contribution in [0.3, 0.4) is 0 Å². The van der Waals surface area contributed by atoms with Gasteiger partial charge in [0.1, 0.15) is 0 Å². The van der Waals surface area contributed by atoms with E-state index in [-0.39, 0.29) is 11.5 Å². The van der Waals surface area contributed by atoms with Crippen molar-refractivity contribution in [2.75, 3.05) is 6.54 Å². The smallest absolute Gasteiger partial charge is 0.0834 e. The van der Waals surface area contributed by atoms with Gasteiger partial charge in [-0.1, -0.05) is 39.3 Å². The molecule has 0 aromatic carbocycles. The lowest BCUT2D eigenvalue weighted by Gasteiger charge is -2.27. The molecule has 1 aromatic rings. The topological polar surface area (TPSA) is 29.9 Å². The zero-order valence-corrected chi connectivity index (χ0v) is 12.3. The van der Waals surface area contributed by atoms with Gasteiger partial charge >= 0.3 is 0 Å². The Kier molecular flexibility index (Phi) is 5.02. The predicted molar refractivity (Wildman–Crippen MR) is 73.3 cm³/mol. The molecule has 1 rings (SSSR count). The molecule has 1 atom stereocenters. The summed E-state index contributed by atoms with van der Waals surface area (Å²) in [6.07, 6.45) is 3.89. The van der Waals surface area contributed by atoms with Crippen molar-refractivity contribution in [3.8, 4) is 0 Å². The number of nitrogens with one attached hydrogen (secondary N) is 1. The van der Waals surface area contributed by atoms with Crippen LogP contribution in [-0.2, 0) is 7.05 Å². The van der Waals surface area contributed by atoms with Crippen molar-refractivity contribution in [2.45, 2.75) is 46.6 Å². The minimum Gasteiger partial charge on any atom is -0.309 e. The Morgan fingerprint density at radius 3 is 2.53 bits per heavy atom. The van der Waals surface area contributed by atoms with E-state index in [1.807, 2.05) is 11.7 Å². The Labute approximate surface area is 110 Å². The average molecular weight is 258 g/mol. The van der Waals surface area contributed by atoms with Crippen LogP contribution in [0.2, 0.25) is 5.02 Å². The molecule has 1 aromatic heterocycles. The number of halogens is 1. The Hall–Kier alpha value is -0.540. The number of hydrogen-bond acceptors (Lipinski definition) is 2. The number of rotatable bonds is 5. The number of aromatic nitrogens is 2. The molecule has 1 unspecified atom stereocenters. The second kappa shape index (κ2) is 5.87. The van der Waals surface area contributed by atoms with E-state index in [0.29, 0.717) is 0 Å². The fraction of sp³-hybridized carbons (Fsp3) is 0.769. The standard InChI is InChI=1S/C13H24ClN3/c1-6-7-15-11(8-13(2,3)4)12-10(14)9-16-17(12)5/h9,11,15H,6-8H2,1-5H3. The Balaban J connectivity index is 2.90. The van der Waals surface area contributed by atoms with Crippen LogP contribution in [0.25, 0.3) is 0 Å². The molecular weight excluding hydrogens is 234 g/mol. The molecule has 1 N–H and O–H groups in total. The SMILES string of the molecule is CCCNC(CC(C)(C)C)c1c(Cl)cnn1C. The minimum absolute atomic E-state index is 0.263. The van der Waals surface area contributed by atoms with Crippen LogP contribution in [0.4, 0.5) is 0 Å². The molecule has 0 fully saturated rings. The summed E-state index contributed by atoms with van der Waals surface area (Å²) in [4.78, 5) is 0. The summed E-state index contributed by atoms with van der Waals surface area (Å²) >= 11 is 6.22. The summed E-state index contributed by atoms with van der Waals surface area (Å²) in [7, 11) is 1.95. The lowest BCUT2D eigenvalue weighted by atomic mass is 9.87. The first-order valence-corrected chi connectivity index (χ1v) is 6.63. The molecular formula is C13H24ClN3. The van der Waals surface area contributed by atoms with Gasteiger partial charge in [0, 0.05) is 7.05 Å². The van der Waals surface area contributed by atoms with Crippen LogP contribution in [-0.4, -0.2) is 16.3 Å². The first-order chi connectivity index (χ1) is 7.85. The van der Waals surface area contributed by atoms with Gasteiger partial charge < -0.3 is 5.32 Å². The maximum absolute atomic E-state index is 6.22. The van der Waals surface area contributed by atoms with Crippen LogP contribution in [0.1, 0.15) is 52.3 Å². The van der Waals surface area contributed by atoms with E-state index in [0.717, 1.165) is 30.1 Å². The van der Waals surface area contributed by atoms with E-state index in [9.17, 15) is 0 Å². The highest BCUT2D eigenvalue weighted by molar-refractivity contribution is 6.31. The van der Waals surface area contributed by atoms with Crippen LogP contribution in [0.5, 0.6) is 0 Å². The highest BCUT2D eigenvalue weighted by Crippen LogP contribution is 2.32. The average Bonchev–Trinajstić information content (AvgIpc) is 2.52. The fourth-order valence-corrected chi connectivity index (χ4v) is 2.31. The van der Waals surface area contributed by atoms with Crippen molar-refractivity contribution in [1.29, 1.82) is 0 Å². The summed E-state index contributed by atoms with van der Waals surface area (Å²) in [6, 6.07) is 0.273. The van der Waals surface area contributed by atoms with Gasteiger partial charge in [0.25, 0.3) is 0 Å². The van der Waals surface area contributed by atoms with Crippen molar-refractivity contribution in [1.82, 2.24) is 15.1 Å². The lowest BCUT2D eigenvalue weighted by Crippen LogP contribution is -2.28. The number of aryl methyl sites for hydroxylation is 1. The maximum Gasteiger partial charge on any atom is 0.0834 e. The summed E-state index contributed by atoms with van der Waals surface area (Å²) in [5, 5.41) is 8.54. The van der Waals surface area contributed by atoms with E-state index in [1.54, 1.807) is 6.20 Å². The molecule has 0 bridgehead atoms. The van der Waals surface area contributed by atoms with Crippen molar-refractivity contribution in [3.63, 3.8) is 0 Å². The molecule has 17 heavy (non-hydrogen) atoms. The quantitative estimate of drug-likeness (QED) is 0.874. The van der Waals surface area contributed by atoms with Gasteiger partial charge in [-0.25, -0.2) is 0 Å². The molecule has 0 saturated heterocycles. The number of nitrogens with zero attached hydrogens (tertiary/aromatic N) is 2. The fourth-order valence-electron chi connectivity index (χ4n) is 2.01. The Morgan fingerprint density at radius 2 is 2.12 bits per heavy atom. The molecule has 98 valence electrons. The Morgan fingerprint density at radius 1 is 1.47 bits per heavy atom. The van der Waals surface area contributed by atoms with Gasteiger partial charge in [-0.05, 0) is 24.8 Å². The van der Waals surface area contributed by atoms with Crippen molar-refractivity contribution >= 4 is 11.6 Å². The second-order valence-electron chi connectivity index (χ2n) is 5.77. The van der Waals surface area contributed by atoms with Crippen molar-refractivity contribution in [2.24, 2.45) is 12.5 Å². The van der Waals surface area contributed by atoms with E-state index in [1.165, 1.54) is 0 Å². The largest absolute Gasteiger partial charge is 0.309 e. The summed E-state index contributed by atoms with van der Waals surface area (Å²) < 4.78 is 1.88. The second-order valence-corrected chi connectivity index (χ2v) is 6.18. The van der Waals surface area contributed by atoms with Gasteiger partial charge in [-0.3, -0.25) is 4.68 Å². The molecule has 0 aliphatic heterocycles.